The number of nitrogens with zero attached hydrogens (tertiary/aromatic N) is 2. The van der Waals surface area contributed by atoms with Gasteiger partial charge in [-0.15, -0.1) is 0 Å². The fourth-order valence-electron chi connectivity index (χ4n) is 5.48. The van der Waals surface area contributed by atoms with Gasteiger partial charge < -0.3 is 25.6 Å². The van der Waals surface area contributed by atoms with Crippen LogP contribution in [0.4, 0.5) is 4.39 Å². The highest BCUT2D eigenvalue weighted by molar-refractivity contribution is 9.10. The maximum Gasteiger partial charge on any atom is 0.251 e. The molecule has 9 nitrogen and oxygen atoms in total. The van der Waals surface area contributed by atoms with Crippen LogP contribution in [0.2, 0.25) is 5.02 Å². The number of rotatable bonds is 8. The summed E-state index contributed by atoms with van der Waals surface area (Å²) < 4.78 is 26.6. The molecule has 0 unspecified atom stereocenters. The van der Waals surface area contributed by atoms with Crippen molar-refractivity contribution in [3.8, 4) is 22.8 Å². The lowest BCUT2D eigenvalue weighted by Crippen LogP contribution is -2.44. The zero-order valence-electron chi connectivity index (χ0n) is 23.2. The molecular formula is C31H27BrClFN4O5. The lowest BCUT2D eigenvalue weighted by atomic mass is 9.81. The summed E-state index contributed by atoms with van der Waals surface area (Å²) >= 11 is 9.76. The summed E-state index contributed by atoms with van der Waals surface area (Å²) in [7, 11) is 1.50. The van der Waals surface area contributed by atoms with Crippen LogP contribution in [0.5, 0.6) is 11.5 Å². The zero-order chi connectivity index (χ0) is 30.7. The molecular weight excluding hydrogens is 643 g/mol. The van der Waals surface area contributed by atoms with E-state index in [4.69, 9.17) is 31.8 Å². The van der Waals surface area contributed by atoms with Crippen molar-refractivity contribution in [1.29, 1.82) is 0 Å². The van der Waals surface area contributed by atoms with E-state index in [1.807, 2.05) is 6.07 Å². The summed E-state index contributed by atoms with van der Waals surface area (Å²) in [6.07, 6.45) is 3.02. The Morgan fingerprint density at radius 3 is 2.77 bits per heavy atom. The third-order valence-corrected chi connectivity index (χ3v) is 9.05. The number of benzene rings is 2. The summed E-state index contributed by atoms with van der Waals surface area (Å²) in [5.74, 6) is -1.30. The molecule has 6 rings (SSSR count). The number of aliphatic hydroxyl groups is 1. The number of hydrogen-bond acceptors (Lipinski definition) is 7. The number of primary amides is 1. The Kier molecular flexibility index (Phi) is 7.30. The molecule has 2 atom stereocenters. The average molecular weight is 670 g/mol. The maximum absolute atomic E-state index is 14.5. The summed E-state index contributed by atoms with van der Waals surface area (Å²) in [5, 5.41) is 15.5. The number of fused-ring (bicyclic) bond motifs is 2. The lowest BCUT2D eigenvalue weighted by molar-refractivity contribution is -0.123. The molecule has 4 aromatic rings. The van der Waals surface area contributed by atoms with Gasteiger partial charge in [-0.05, 0) is 71.9 Å². The molecule has 0 bridgehead atoms. The Balaban J connectivity index is 1.42. The van der Waals surface area contributed by atoms with Gasteiger partial charge in [0.15, 0.2) is 0 Å². The van der Waals surface area contributed by atoms with Crippen molar-refractivity contribution in [1.82, 2.24) is 15.3 Å². The summed E-state index contributed by atoms with van der Waals surface area (Å²) in [5.41, 5.74) is 4.83. The molecule has 43 heavy (non-hydrogen) atoms. The largest absolute Gasteiger partial charge is 0.494 e. The molecule has 1 saturated carbocycles. The number of carbonyl (C=O) groups excluding carboxylic acids is 2. The first-order chi connectivity index (χ1) is 20.5. The van der Waals surface area contributed by atoms with Gasteiger partial charge >= 0.3 is 0 Å². The summed E-state index contributed by atoms with van der Waals surface area (Å²) in [6, 6.07) is 11.0. The molecule has 2 aliphatic rings. The molecule has 2 aromatic carbocycles. The smallest absolute Gasteiger partial charge is 0.251 e. The van der Waals surface area contributed by atoms with Gasteiger partial charge in [-0.3, -0.25) is 14.6 Å². The van der Waals surface area contributed by atoms with Crippen LogP contribution < -0.4 is 20.5 Å². The Labute approximate surface area is 259 Å². The van der Waals surface area contributed by atoms with Crippen LogP contribution in [0.25, 0.3) is 22.2 Å². The van der Waals surface area contributed by atoms with E-state index < -0.39 is 28.6 Å². The van der Waals surface area contributed by atoms with Crippen LogP contribution in [-0.4, -0.2) is 47.2 Å². The third-order valence-electron chi connectivity index (χ3n) is 8.23. The maximum atomic E-state index is 14.5. The van der Waals surface area contributed by atoms with E-state index in [0.717, 1.165) is 4.47 Å². The second-order valence-electron chi connectivity index (χ2n) is 11.1. The molecule has 4 N–H and O–H groups in total. The van der Waals surface area contributed by atoms with E-state index in [9.17, 15) is 19.1 Å². The van der Waals surface area contributed by atoms with Gasteiger partial charge in [0.1, 0.15) is 46.1 Å². The number of methoxy groups -OCH3 is 1. The van der Waals surface area contributed by atoms with Crippen molar-refractivity contribution in [3.05, 3.63) is 80.8 Å². The molecule has 1 aliphatic heterocycles. The molecule has 1 aliphatic carbocycles. The molecule has 0 spiro atoms. The third kappa shape index (κ3) is 4.99. The monoisotopic (exact) mass is 668 g/mol. The Morgan fingerprint density at radius 1 is 1.30 bits per heavy atom. The van der Waals surface area contributed by atoms with Crippen LogP contribution in [0.3, 0.4) is 0 Å². The molecule has 2 aromatic heterocycles. The fraction of sp³-hybridized carbons (Fsp3) is 0.290. The van der Waals surface area contributed by atoms with E-state index in [1.165, 1.54) is 19.2 Å². The van der Waals surface area contributed by atoms with Crippen LogP contribution in [-0.2, 0) is 15.8 Å². The van der Waals surface area contributed by atoms with Crippen LogP contribution in [0.1, 0.15) is 41.4 Å². The Morgan fingerprint density at radius 2 is 2.07 bits per heavy atom. The summed E-state index contributed by atoms with van der Waals surface area (Å²) in [4.78, 5) is 35.2. The van der Waals surface area contributed by atoms with Crippen LogP contribution in [0, 0.1) is 11.7 Å². The highest BCUT2D eigenvalue weighted by Crippen LogP contribution is 2.50. The number of halogens is 3. The van der Waals surface area contributed by atoms with Crippen molar-refractivity contribution in [2.24, 2.45) is 11.7 Å². The first-order valence-corrected chi connectivity index (χ1v) is 14.7. The lowest BCUT2D eigenvalue weighted by Gasteiger charge is -2.30. The van der Waals surface area contributed by atoms with Crippen molar-refractivity contribution < 1.29 is 28.6 Å². The molecule has 0 saturated heterocycles. The first-order valence-electron chi connectivity index (χ1n) is 13.5. The highest BCUT2D eigenvalue weighted by atomic mass is 79.9. The molecule has 222 valence electrons. The van der Waals surface area contributed by atoms with E-state index in [1.54, 1.807) is 37.4 Å². The van der Waals surface area contributed by atoms with E-state index in [0.29, 0.717) is 40.6 Å². The number of hydrogen-bond donors (Lipinski definition) is 3. The van der Waals surface area contributed by atoms with Gasteiger partial charge in [-0.1, -0.05) is 23.7 Å². The minimum atomic E-state index is -1.63. The van der Waals surface area contributed by atoms with Crippen molar-refractivity contribution >= 4 is 50.2 Å². The SMILES string of the molecule is COc1cc(C(=O)NC[C@](O)(c2cc3c(c(-c4cccc(F)c4Cl)n2)OC[C@]3(C)C(N)=O)C2CC2)cc2cc(Br)cnc12. The topological polar surface area (TPSA) is 137 Å². The van der Waals surface area contributed by atoms with Crippen LogP contribution in [0.15, 0.2) is 53.1 Å². The van der Waals surface area contributed by atoms with E-state index in [2.05, 4.69) is 26.2 Å². The first kappa shape index (κ1) is 29.3. The van der Waals surface area contributed by atoms with Gasteiger partial charge in [-0.25, -0.2) is 9.37 Å². The predicted octanol–water partition coefficient (Wildman–Crippen LogP) is 5.02. The normalized spacial score (nSPS) is 18.9. The van der Waals surface area contributed by atoms with Crippen molar-refractivity contribution in [3.63, 3.8) is 0 Å². The minimum absolute atomic E-state index is 0.0594. The second kappa shape index (κ2) is 10.7. The Bertz CT molecular complexity index is 1820. The number of ether oxygens (including phenoxy) is 2. The highest BCUT2D eigenvalue weighted by Gasteiger charge is 2.50. The van der Waals surface area contributed by atoms with E-state index >= 15 is 0 Å². The van der Waals surface area contributed by atoms with Gasteiger partial charge in [0.2, 0.25) is 5.91 Å². The number of aromatic nitrogens is 2. The molecule has 12 heteroatoms. The van der Waals surface area contributed by atoms with Gasteiger partial charge in [0.05, 0.1) is 24.4 Å². The molecule has 2 amide bonds. The summed E-state index contributed by atoms with van der Waals surface area (Å²) in [6.45, 7) is 1.39. The Hall–Kier alpha value is -3.80. The van der Waals surface area contributed by atoms with Crippen molar-refractivity contribution in [2.75, 3.05) is 20.3 Å². The second-order valence-corrected chi connectivity index (χ2v) is 12.4. The van der Waals surface area contributed by atoms with Gasteiger partial charge in [-0.2, -0.15) is 0 Å². The number of pyridine rings is 2. The predicted molar refractivity (Wildman–Crippen MR) is 162 cm³/mol. The standard InChI is InChI=1S/C31H27BrClFN4O5/c1-30(29(35)40)14-43-27-20(30)11-23(38-26(27)19-4-3-5-21(34)24(19)33)31(41,17-6-7-17)13-37-28(39)16-8-15-9-18(32)12-36-25(15)22(10-16)42-2/h3-5,8-12,17,41H,6-7,13-14H2,1-2H3,(H2,35,40)(H,37,39)/t30-,31+/m0/s1. The fourth-order valence-corrected chi connectivity index (χ4v) is 6.04. The molecule has 3 heterocycles. The van der Waals surface area contributed by atoms with Crippen molar-refractivity contribution in [2.45, 2.75) is 30.8 Å². The zero-order valence-corrected chi connectivity index (χ0v) is 25.6. The van der Waals surface area contributed by atoms with E-state index in [-0.39, 0.29) is 46.8 Å². The van der Waals surface area contributed by atoms with Crippen LogP contribution >= 0.6 is 27.5 Å². The number of carbonyl (C=O) groups is 2. The molecule has 1 fully saturated rings. The average Bonchev–Trinajstić information content (AvgIpc) is 3.79. The number of amides is 2. The number of nitrogens with two attached hydrogens (primary N) is 1. The van der Waals surface area contributed by atoms with Gasteiger partial charge in [0, 0.05) is 32.7 Å². The molecule has 0 radical (unpaired) electrons. The quantitative estimate of drug-likeness (QED) is 0.240. The van der Waals surface area contributed by atoms with Gasteiger partial charge in [0.25, 0.3) is 5.91 Å². The number of nitrogens with one attached hydrogen (secondary N) is 1. The minimum Gasteiger partial charge on any atom is -0.494 e.